The van der Waals surface area contributed by atoms with Crippen molar-refractivity contribution in [1.29, 1.82) is 0 Å². The van der Waals surface area contributed by atoms with Gasteiger partial charge in [-0.3, -0.25) is 9.67 Å². The third-order valence-corrected chi connectivity index (χ3v) is 3.54. The summed E-state index contributed by atoms with van der Waals surface area (Å²) in [4.78, 5) is 4.54. The van der Waals surface area contributed by atoms with Crippen LogP contribution in [0.1, 0.15) is 19.8 Å². The summed E-state index contributed by atoms with van der Waals surface area (Å²) in [7, 11) is 0. The summed E-state index contributed by atoms with van der Waals surface area (Å²) in [6.07, 6.45) is 5.95. The summed E-state index contributed by atoms with van der Waals surface area (Å²) >= 11 is 1.81. The molecule has 1 fully saturated rings. The maximum Gasteiger partial charge on any atom is 0.156 e. The predicted octanol–water partition coefficient (Wildman–Crippen LogP) is 1.14. The quantitative estimate of drug-likeness (QED) is 0.856. The van der Waals surface area contributed by atoms with E-state index < -0.39 is 0 Å². The van der Waals surface area contributed by atoms with Gasteiger partial charge >= 0.3 is 0 Å². The summed E-state index contributed by atoms with van der Waals surface area (Å²) in [6, 6.07) is 0.603. The number of hydrogen-bond acceptors (Lipinski definition) is 4. The molecule has 2 rings (SSSR count). The van der Waals surface area contributed by atoms with Gasteiger partial charge in [0, 0.05) is 18.0 Å². The zero-order valence-corrected chi connectivity index (χ0v) is 10.3. The lowest BCUT2D eigenvalue weighted by atomic mass is 10.2. The summed E-state index contributed by atoms with van der Waals surface area (Å²) in [5.41, 5.74) is 0. The highest BCUT2D eigenvalue weighted by Gasteiger charge is 2.14. The van der Waals surface area contributed by atoms with Crippen LogP contribution >= 0.6 is 11.8 Å². The Bertz CT molecular complexity index is 335. The van der Waals surface area contributed by atoms with E-state index in [9.17, 15) is 0 Å². The van der Waals surface area contributed by atoms with Gasteiger partial charge in [-0.15, -0.1) is 5.10 Å². The second-order valence-electron chi connectivity index (χ2n) is 3.74. The summed E-state index contributed by atoms with van der Waals surface area (Å²) < 4.78 is 1.80. The number of nitrogens with one attached hydrogen (secondary N) is 1. The second kappa shape index (κ2) is 5.89. The van der Waals surface area contributed by atoms with Gasteiger partial charge in [-0.2, -0.15) is 0 Å². The van der Waals surface area contributed by atoms with E-state index in [1.807, 2.05) is 18.0 Å². The molecular weight excluding hydrogens is 222 g/mol. The maximum atomic E-state index is 4.54. The standard InChI is InChI=1S/C10H17N5S/c1-2-9-3-8-16-10(13-9)11-4-6-15-7-5-12-14-15/h5,7,9H,2-4,6,8H2,1H3,(H,11,13). The SMILES string of the molecule is CCC1CCSC(=NCCn2ccnn2)N1. The van der Waals surface area contributed by atoms with Gasteiger partial charge in [-0.25, -0.2) is 0 Å². The molecule has 1 aliphatic rings. The van der Waals surface area contributed by atoms with Crippen molar-refractivity contribution in [2.45, 2.75) is 32.4 Å². The van der Waals surface area contributed by atoms with E-state index in [0.717, 1.165) is 18.3 Å². The normalized spacial score (nSPS) is 23.3. The van der Waals surface area contributed by atoms with E-state index >= 15 is 0 Å². The molecule has 6 heteroatoms. The molecule has 2 heterocycles. The van der Waals surface area contributed by atoms with E-state index in [-0.39, 0.29) is 0 Å². The number of aliphatic imine (C=N–C) groups is 1. The average Bonchev–Trinajstić information content (AvgIpc) is 2.82. The first-order valence-electron chi connectivity index (χ1n) is 5.66. The highest BCUT2D eigenvalue weighted by molar-refractivity contribution is 8.13. The van der Waals surface area contributed by atoms with Crippen molar-refractivity contribution < 1.29 is 0 Å². The molecule has 5 nitrogen and oxygen atoms in total. The summed E-state index contributed by atoms with van der Waals surface area (Å²) in [5.74, 6) is 1.17. The van der Waals surface area contributed by atoms with Gasteiger partial charge in [0.25, 0.3) is 0 Å². The Kier molecular flexibility index (Phi) is 4.21. The van der Waals surface area contributed by atoms with Crippen molar-refractivity contribution >= 4 is 16.9 Å². The molecule has 1 N–H and O–H groups in total. The van der Waals surface area contributed by atoms with E-state index in [1.54, 1.807) is 10.9 Å². The molecule has 1 aromatic heterocycles. The molecular formula is C10H17N5S. The Morgan fingerprint density at radius 2 is 2.62 bits per heavy atom. The van der Waals surface area contributed by atoms with Gasteiger partial charge in [-0.1, -0.05) is 23.9 Å². The van der Waals surface area contributed by atoms with Crippen LogP contribution in [0, 0.1) is 0 Å². The molecule has 88 valence electrons. The highest BCUT2D eigenvalue weighted by Crippen LogP contribution is 2.15. The van der Waals surface area contributed by atoms with E-state index in [2.05, 4.69) is 27.5 Å². The molecule has 16 heavy (non-hydrogen) atoms. The topological polar surface area (TPSA) is 55.1 Å². The molecule has 0 saturated carbocycles. The van der Waals surface area contributed by atoms with E-state index in [0.29, 0.717) is 6.04 Å². The molecule has 0 aliphatic carbocycles. The number of rotatable bonds is 4. The van der Waals surface area contributed by atoms with Crippen molar-refractivity contribution in [3.05, 3.63) is 12.4 Å². The first-order valence-corrected chi connectivity index (χ1v) is 6.65. The number of aromatic nitrogens is 3. The highest BCUT2D eigenvalue weighted by atomic mass is 32.2. The number of amidine groups is 1. The number of thioether (sulfide) groups is 1. The van der Waals surface area contributed by atoms with Gasteiger partial charge in [0.15, 0.2) is 5.17 Å². The van der Waals surface area contributed by atoms with Crippen molar-refractivity contribution in [3.63, 3.8) is 0 Å². The monoisotopic (exact) mass is 239 g/mol. The third-order valence-electron chi connectivity index (χ3n) is 2.58. The fourth-order valence-corrected chi connectivity index (χ4v) is 2.62. The Balaban J connectivity index is 1.78. The Hall–Kier alpha value is -1.04. The van der Waals surface area contributed by atoms with Crippen LogP contribution in [0.4, 0.5) is 0 Å². The molecule has 0 radical (unpaired) electrons. The fraction of sp³-hybridized carbons (Fsp3) is 0.700. The zero-order valence-electron chi connectivity index (χ0n) is 9.46. The van der Waals surface area contributed by atoms with Crippen LogP contribution in [0.15, 0.2) is 17.4 Å². The van der Waals surface area contributed by atoms with E-state index in [1.165, 1.54) is 18.6 Å². The molecule has 1 saturated heterocycles. The van der Waals surface area contributed by atoms with Crippen LogP contribution < -0.4 is 5.32 Å². The van der Waals surface area contributed by atoms with Crippen LogP contribution in [-0.2, 0) is 6.54 Å². The molecule has 1 unspecified atom stereocenters. The molecule has 0 aromatic carbocycles. The van der Waals surface area contributed by atoms with Crippen molar-refractivity contribution in [2.24, 2.45) is 4.99 Å². The van der Waals surface area contributed by atoms with Crippen LogP contribution in [0.5, 0.6) is 0 Å². The van der Waals surface area contributed by atoms with Gasteiger partial charge in [-0.05, 0) is 12.8 Å². The lowest BCUT2D eigenvalue weighted by Crippen LogP contribution is -2.37. The van der Waals surface area contributed by atoms with Crippen LogP contribution in [-0.4, -0.2) is 38.5 Å². The maximum absolute atomic E-state index is 4.54. The molecule has 0 bridgehead atoms. The fourth-order valence-electron chi connectivity index (χ4n) is 1.59. The lowest BCUT2D eigenvalue weighted by molar-refractivity contribution is 0.566. The third kappa shape index (κ3) is 3.23. The zero-order chi connectivity index (χ0) is 11.2. The van der Waals surface area contributed by atoms with Gasteiger partial charge in [0.1, 0.15) is 0 Å². The average molecular weight is 239 g/mol. The van der Waals surface area contributed by atoms with Crippen molar-refractivity contribution in [3.8, 4) is 0 Å². The smallest absolute Gasteiger partial charge is 0.156 e. The summed E-state index contributed by atoms with van der Waals surface area (Å²) in [6.45, 7) is 3.76. The molecule has 1 aromatic rings. The first kappa shape index (κ1) is 11.4. The van der Waals surface area contributed by atoms with Crippen molar-refractivity contribution in [1.82, 2.24) is 20.3 Å². The van der Waals surface area contributed by atoms with Crippen LogP contribution in [0.25, 0.3) is 0 Å². The Morgan fingerprint density at radius 3 is 3.38 bits per heavy atom. The first-order chi connectivity index (χ1) is 7.88. The van der Waals surface area contributed by atoms with Crippen LogP contribution in [0.3, 0.4) is 0 Å². The van der Waals surface area contributed by atoms with Crippen molar-refractivity contribution in [2.75, 3.05) is 12.3 Å². The summed E-state index contributed by atoms with van der Waals surface area (Å²) in [5, 5.41) is 12.2. The minimum absolute atomic E-state index is 0.603. The van der Waals surface area contributed by atoms with Gasteiger partial charge < -0.3 is 5.32 Å². The minimum atomic E-state index is 0.603. The number of hydrogen-bond donors (Lipinski definition) is 1. The molecule has 1 atom stereocenters. The predicted molar refractivity (Wildman–Crippen MR) is 66.6 cm³/mol. The Morgan fingerprint density at radius 1 is 1.69 bits per heavy atom. The second-order valence-corrected chi connectivity index (χ2v) is 4.82. The van der Waals surface area contributed by atoms with E-state index in [4.69, 9.17) is 0 Å². The largest absolute Gasteiger partial charge is 0.362 e. The molecule has 1 aliphatic heterocycles. The van der Waals surface area contributed by atoms with Gasteiger partial charge in [0.2, 0.25) is 0 Å². The Labute approximate surface area is 99.7 Å². The lowest BCUT2D eigenvalue weighted by Gasteiger charge is -2.24. The molecule has 0 spiro atoms. The van der Waals surface area contributed by atoms with Crippen LogP contribution in [0.2, 0.25) is 0 Å². The number of nitrogens with zero attached hydrogens (tertiary/aromatic N) is 4. The minimum Gasteiger partial charge on any atom is -0.362 e. The molecule has 0 amide bonds. The van der Waals surface area contributed by atoms with Gasteiger partial charge in [0.05, 0.1) is 19.3 Å².